The van der Waals surface area contributed by atoms with Crippen LogP contribution in [0.15, 0.2) is 4.42 Å². The van der Waals surface area contributed by atoms with E-state index in [1.807, 2.05) is 6.92 Å². The zero-order valence-corrected chi connectivity index (χ0v) is 9.52. The fraction of sp³-hybridized carbons (Fsp3) is 0.833. The summed E-state index contributed by atoms with van der Waals surface area (Å²) in [5.41, 5.74) is 0. The summed E-state index contributed by atoms with van der Waals surface area (Å²) in [4.78, 5) is 0. The quantitative estimate of drug-likeness (QED) is 0.837. The van der Waals surface area contributed by atoms with Crippen LogP contribution in [0.5, 0.6) is 0 Å². The highest BCUT2D eigenvalue weighted by molar-refractivity contribution is 5.16. The maximum atomic E-state index is 5.37. The molecule has 0 aliphatic heterocycles. The molecular weight excluding hydrogens is 202 g/mol. The molecule has 86 valence electrons. The molecule has 3 fully saturated rings. The maximum Gasteiger partial charge on any atom is 0.230 e. The van der Waals surface area contributed by atoms with E-state index in [4.69, 9.17) is 4.42 Å². The molecule has 3 aliphatic rings. The van der Waals surface area contributed by atoms with Gasteiger partial charge in [0.05, 0.1) is 6.54 Å². The van der Waals surface area contributed by atoms with E-state index >= 15 is 0 Å². The number of nitrogens with one attached hydrogen (secondary N) is 1. The second-order valence-electron chi connectivity index (χ2n) is 5.61. The summed E-state index contributed by atoms with van der Waals surface area (Å²) in [6, 6.07) is 0.749. The molecule has 0 spiro atoms. The van der Waals surface area contributed by atoms with Crippen molar-refractivity contribution in [3.63, 3.8) is 0 Å². The average molecular weight is 219 g/mol. The predicted octanol–water partition coefficient (Wildman–Crippen LogP) is 1.51. The highest BCUT2D eigenvalue weighted by Crippen LogP contribution is 2.65. The molecule has 0 amide bonds. The first-order valence-electron chi connectivity index (χ1n) is 6.35. The van der Waals surface area contributed by atoms with Crippen LogP contribution in [-0.4, -0.2) is 16.2 Å². The molecule has 4 nitrogen and oxygen atoms in total. The van der Waals surface area contributed by atoms with Crippen molar-refractivity contribution in [3.8, 4) is 0 Å². The van der Waals surface area contributed by atoms with Crippen molar-refractivity contribution < 1.29 is 4.42 Å². The molecule has 1 N–H and O–H groups in total. The molecule has 16 heavy (non-hydrogen) atoms. The summed E-state index contributed by atoms with van der Waals surface area (Å²) in [7, 11) is 0. The Kier molecular flexibility index (Phi) is 1.76. The van der Waals surface area contributed by atoms with Crippen molar-refractivity contribution in [1.82, 2.24) is 15.5 Å². The monoisotopic (exact) mass is 219 g/mol. The molecule has 0 saturated heterocycles. The summed E-state index contributed by atoms with van der Waals surface area (Å²) >= 11 is 0. The Hall–Kier alpha value is -0.900. The topological polar surface area (TPSA) is 51.0 Å². The number of nitrogens with zero attached hydrogens (tertiary/aromatic N) is 2. The predicted molar refractivity (Wildman–Crippen MR) is 57.5 cm³/mol. The molecule has 4 atom stereocenters. The Balaban J connectivity index is 1.37. The van der Waals surface area contributed by atoms with Gasteiger partial charge in [0.15, 0.2) is 0 Å². The van der Waals surface area contributed by atoms with Crippen molar-refractivity contribution in [2.24, 2.45) is 23.7 Å². The first-order valence-corrected chi connectivity index (χ1v) is 6.35. The van der Waals surface area contributed by atoms with E-state index < -0.39 is 0 Å². The van der Waals surface area contributed by atoms with Crippen LogP contribution in [0.3, 0.4) is 0 Å². The van der Waals surface area contributed by atoms with Crippen molar-refractivity contribution in [2.45, 2.75) is 38.8 Å². The molecule has 1 aromatic heterocycles. The van der Waals surface area contributed by atoms with E-state index in [0.29, 0.717) is 5.89 Å². The van der Waals surface area contributed by atoms with Crippen LogP contribution in [0.25, 0.3) is 0 Å². The third kappa shape index (κ3) is 1.19. The van der Waals surface area contributed by atoms with Gasteiger partial charge in [-0.05, 0) is 42.9 Å². The van der Waals surface area contributed by atoms with Gasteiger partial charge in [-0.1, -0.05) is 0 Å². The maximum absolute atomic E-state index is 5.37. The molecule has 4 unspecified atom stereocenters. The SMILES string of the molecule is Cc1nnc(CNC2C3C4CCC(C4)C23)o1. The molecule has 3 saturated carbocycles. The van der Waals surface area contributed by atoms with Gasteiger partial charge >= 0.3 is 0 Å². The van der Waals surface area contributed by atoms with Crippen LogP contribution < -0.4 is 5.32 Å². The normalized spacial score (nSPS) is 43.7. The van der Waals surface area contributed by atoms with Crippen molar-refractivity contribution in [1.29, 1.82) is 0 Å². The van der Waals surface area contributed by atoms with Gasteiger partial charge in [-0.2, -0.15) is 0 Å². The van der Waals surface area contributed by atoms with Crippen molar-refractivity contribution in [3.05, 3.63) is 11.8 Å². The average Bonchev–Trinajstić information content (AvgIpc) is 2.70. The van der Waals surface area contributed by atoms with Crippen molar-refractivity contribution >= 4 is 0 Å². The molecule has 4 heteroatoms. The molecule has 1 aromatic rings. The Bertz CT molecular complexity index is 400. The lowest BCUT2D eigenvalue weighted by Crippen LogP contribution is -2.22. The van der Waals surface area contributed by atoms with E-state index in [9.17, 15) is 0 Å². The highest BCUT2D eigenvalue weighted by atomic mass is 16.4. The number of rotatable bonds is 3. The van der Waals surface area contributed by atoms with Crippen LogP contribution in [0.2, 0.25) is 0 Å². The number of aryl methyl sites for hydroxylation is 1. The van der Waals surface area contributed by atoms with Gasteiger partial charge < -0.3 is 9.73 Å². The fourth-order valence-corrected chi connectivity index (χ4v) is 4.21. The molecule has 2 bridgehead atoms. The van der Waals surface area contributed by atoms with Crippen LogP contribution in [0.1, 0.15) is 31.0 Å². The zero-order chi connectivity index (χ0) is 10.7. The minimum atomic E-state index is 0.660. The number of aromatic nitrogens is 2. The van der Waals surface area contributed by atoms with E-state index in [-0.39, 0.29) is 0 Å². The molecule has 0 aromatic carbocycles. The van der Waals surface area contributed by atoms with Crippen LogP contribution in [0.4, 0.5) is 0 Å². The summed E-state index contributed by atoms with van der Waals surface area (Å²) in [6.07, 6.45) is 4.46. The highest BCUT2D eigenvalue weighted by Gasteiger charge is 2.64. The van der Waals surface area contributed by atoms with Gasteiger partial charge in [-0.25, -0.2) is 0 Å². The number of hydrogen-bond acceptors (Lipinski definition) is 4. The van der Waals surface area contributed by atoms with Crippen molar-refractivity contribution in [2.75, 3.05) is 0 Å². The third-order valence-electron chi connectivity index (χ3n) is 4.79. The van der Waals surface area contributed by atoms with Gasteiger partial charge in [0.25, 0.3) is 0 Å². The van der Waals surface area contributed by atoms with Gasteiger partial charge in [-0.3, -0.25) is 0 Å². The van der Waals surface area contributed by atoms with Crippen LogP contribution in [-0.2, 0) is 6.54 Å². The Morgan fingerprint density at radius 1 is 1.25 bits per heavy atom. The van der Waals surface area contributed by atoms with Crippen LogP contribution >= 0.6 is 0 Å². The molecular formula is C12H17N3O. The van der Waals surface area contributed by atoms with Gasteiger partial charge in [0.2, 0.25) is 11.8 Å². The molecule has 1 heterocycles. The summed E-state index contributed by atoms with van der Waals surface area (Å²) in [5.74, 6) is 5.39. The van der Waals surface area contributed by atoms with Gasteiger partial charge in [0, 0.05) is 13.0 Å². The minimum absolute atomic E-state index is 0.660. The summed E-state index contributed by atoms with van der Waals surface area (Å²) in [5, 5.41) is 11.4. The molecule has 3 aliphatic carbocycles. The lowest BCUT2D eigenvalue weighted by molar-refractivity contribution is 0.414. The fourth-order valence-electron chi connectivity index (χ4n) is 4.21. The number of fused-ring (bicyclic) bond motifs is 5. The zero-order valence-electron chi connectivity index (χ0n) is 9.52. The van der Waals surface area contributed by atoms with E-state index in [2.05, 4.69) is 15.5 Å². The van der Waals surface area contributed by atoms with Gasteiger partial charge in [-0.15, -0.1) is 10.2 Å². The second kappa shape index (κ2) is 3.06. The van der Waals surface area contributed by atoms with Gasteiger partial charge in [0.1, 0.15) is 0 Å². The lowest BCUT2D eigenvalue weighted by atomic mass is 10.0. The first-order chi connectivity index (χ1) is 7.83. The summed E-state index contributed by atoms with van der Waals surface area (Å²) < 4.78 is 5.37. The smallest absolute Gasteiger partial charge is 0.230 e. The lowest BCUT2D eigenvalue weighted by Gasteiger charge is -2.08. The first kappa shape index (κ1) is 9.16. The standard InChI is InChI=1S/C12H17N3O/c1-6-14-15-9(16-6)5-13-12-10-7-2-3-8(4-7)11(10)12/h7-8,10-13H,2-5H2,1H3. The van der Waals surface area contributed by atoms with E-state index in [1.54, 1.807) is 0 Å². The Labute approximate surface area is 94.8 Å². The number of hydrogen-bond donors (Lipinski definition) is 1. The second-order valence-corrected chi connectivity index (χ2v) is 5.61. The Morgan fingerprint density at radius 3 is 2.62 bits per heavy atom. The molecule has 4 rings (SSSR count). The Morgan fingerprint density at radius 2 is 2.00 bits per heavy atom. The third-order valence-corrected chi connectivity index (χ3v) is 4.79. The largest absolute Gasteiger partial charge is 0.424 e. The van der Waals surface area contributed by atoms with E-state index in [1.165, 1.54) is 19.3 Å². The molecule has 0 radical (unpaired) electrons. The van der Waals surface area contributed by atoms with E-state index in [0.717, 1.165) is 42.1 Å². The summed E-state index contributed by atoms with van der Waals surface area (Å²) in [6.45, 7) is 2.58. The van der Waals surface area contributed by atoms with Crippen LogP contribution in [0, 0.1) is 30.6 Å². The minimum Gasteiger partial charge on any atom is -0.424 e.